The third-order valence-electron chi connectivity index (χ3n) is 3.65. The van der Waals surface area contributed by atoms with Gasteiger partial charge in [-0.2, -0.15) is 17.4 Å². The normalized spacial score (nSPS) is 22.4. The summed E-state index contributed by atoms with van der Waals surface area (Å²) in [7, 11) is -3.83. The molecule has 0 aromatic rings. The second kappa shape index (κ2) is 8.07. The zero-order valence-electron chi connectivity index (χ0n) is 12.9. The highest BCUT2D eigenvalue weighted by Crippen LogP contribution is 2.20. The minimum atomic E-state index is -3.83. The van der Waals surface area contributed by atoms with E-state index in [0.717, 1.165) is 10.7 Å². The van der Waals surface area contributed by atoms with Crippen molar-refractivity contribution < 1.29 is 23.1 Å². The van der Waals surface area contributed by atoms with Crippen molar-refractivity contribution in [1.29, 1.82) is 0 Å². The summed E-state index contributed by atoms with van der Waals surface area (Å²) in [5, 5.41) is 9.20. The van der Waals surface area contributed by atoms with Gasteiger partial charge in [-0.15, -0.1) is 0 Å². The summed E-state index contributed by atoms with van der Waals surface area (Å²) in [5.74, 6) is -1.04. The zero-order valence-corrected chi connectivity index (χ0v) is 13.7. The molecule has 1 saturated heterocycles. The number of nitrogens with one attached hydrogen (secondary N) is 1. The maximum Gasteiger partial charge on any atom is 0.322 e. The molecule has 2 N–H and O–H groups in total. The van der Waals surface area contributed by atoms with Crippen molar-refractivity contribution in [2.75, 3.05) is 19.8 Å². The quantitative estimate of drug-likeness (QED) is 0.690. The first-order chi connectivity index (χ1) is 9.79. The average molecular weight is 322 g/mol. The molecule has 1 heterocycles. The van der Waals surface area contributed by atoms with Gasteiger partial charge in [0.15, 0.2) is 0 Å². The molecule has 0 amide bonds. The van der Waals surface area contributed by atoms with Crippen LogP contribution in [0.5, 0.6) is 0 Å². The maximum absolute atomic E-state index is 12.5. The lowest BCUT2D eigenvalue weighted by molar-refractivity contribution is -0.142. The van der Waals surface area contributed by atoms with Crippen molar-refractivity contribution in [3.63, 3.8) is 0 Å². The summed E-state index contributed by atoms with van der Waals surface area (Å²) >= 11 is 0. The van der Waals surface area contributed by atoms with E-state index in [1.54, 1.807) is 0 Å². The highest BCUT2D eigenvalue weighted by molar-refractivity contribution is 7.87. The molecular weight excluding hydrogens is 296 g/mol. The van der Waals surface area contributed by atoms with Gasteiger partial charge in [-0.1, -0.05) is 13.8 Å². The molecule has 0 spiro atoms. The standard InChI is InChI=1S/C13H26N2O5S/c1-4-20-9-11(10(2)3)14-21(18,19)15-8-6-5-7-12(15)13(16)17/h10-12,14H,4-9H2,1-3H3,(H,16,17). The molecule has 21 heavy (non-hydrogen) atoms. The van der Waals surface area contributed by atoms with Crippen LogP contribution in [-0.2, 0) is 19.7 Å². The highest BCUT2D eigenvalue weighted by Gasteiger charge is 2.38. The number of nitrogens with zero attached hydrogens (tertiary/aromatic N) is 1. The lowest BCUT2D eigenvalue weighted by Gasteiger charge is -2.34. The fourth-order valence-electron chi connectivity index (χ4n) is 2.31. The summed E-state index contributed by atoms with van der Waals surface area (Å²) in [6, 6.07) is -1.34. The molecule has 0 aromatic heterocycles. The molecule has 0 aromatic carbocycles. The molecule has 1 aliphatic rings. The van der Waals surface area contributed by atoms with Gasteiger partial charge in [0.1, 0.15) is 6.04 Å². The summed E-state index contributed by atoms with van der Waals surface area (Å²) in [6.45, 7) is 6.67. The summed E-state index contributed by atoms with van der Waals surface area (Å²) in [4.78, 5) is 11.2. The van der Waals surface area contributed by atoms with E-state index < -0.39 is 22.2 Å². The third-order valence-corrected chi connectivity index (χ3v) is 5.31. The molecule has 0 radical (unpaired) electrons. The largest absolute Gasteiger partial charge is 0.480 e. The minimum absolute atomic E-state index is 0.0550. The van der Waals surface area contributed by atoms with E-state index in [1.165, 1.54) is 0 Å². The molecule has 7 nitrogen and oxygen atoms in total. The Bertz CT molecular complexity index is 438. The van der Waals surface area contributed by atoms with Gasteiger partial charge in [0.05, 0.1) is 6.61 Å². The van der Waals surface area contributed by atoms with Crippen LogP contribution in [0.1, 0.15) is 40.0 Å². The van der Waals surface area contributed by atoms with Crippen LogP contribution >= 0.6 is 0 Å². The topological polar surface area (TPSA) is 95.9 Å². The highest BCUT2D eigenvalue weighted by atomic mass is 32.2. The SMILES string of the molecule is CCOCC(NS(=O)(=O)N1CCCCC1C(=O)O)C(C)C. The Labute approximate surface area is 126 Å². The van der Waals surface area contributed by atoms with Crippen molar-refractivity contribution in [2.24, 2.45) is 5.92 Å². The van der Waals surface area contributed by atoms with Crippen molar-refractivity contribution in [1.82, 2.24) is 9.03 Å². The molecule has 124 valence electrons. The number of carbonyl (C=O) groups is 1. The van der Waals surface area contributed by atoms with E-state index in [9.17, 15) is 18.3 Å². The molecular formula is C13H26N2O5S. The first kappa shape index (κ1) is 18.3. The van der Waals surface area contributed by atoms with Crippen molar-refractivity contribution in [3.05, 3.63) is 0 Å². The van der Waals surface area contributed by atoms with Crippen LogP contribution in [-0.4, -0.2) is 55.6 Å². The molecule has 1 rings (SSSR count). The monoisotopic (exact) mass is 322 g/mol. The fourth-order valence-corrected chi connectivity index (χ4v) is 4.06. The van der Waals surface area contributed by atoms with E-state index in [0.29, 0.717) is 19.4 Å². The average Bonchev–Trinajstić information content (AvgIpc) is 2.43. The van der Waals surface area contributed by atoms with Crippen molar-refractivity contribution in [2.45, 2.75) is 52.1 Å². The third kappa shape index (κ3) is 5.21. The molecule has 2 atom stereocenters. The van der Waals surface area contributed by atoms with Gasteiger partial charge in [-0.05, 0) is 32.1 Å². The first-order valence-corrected chi connectivity index (χ1v) is 8.83. The molecule has 1 fully saturated rings. The summed E-state index contributed by atoms with van der Waals surface area (Å²) in [6.07, 6.45) is 1.77. The van der Waals surface area contributed by atoms with Crippen molar-refractivity contribution >= 4 is 16.2 Å². The molecule has 1 aliphatic heterocycles. The van der Waals surface area contributed by atoms with E-state index in [2.05, 4.69) is 4.72 Å². The second-order valence-electron chi connectivity index (χ2n) is 5.59. The lowest BCUT2D eigenvalue weighted by atomic mass is 10.1. The van der Waals surface area contributed by atoms with Crippen LogP contribution < -0.4 is 4.72 Å². The Balaban J connectivity index is 2.84. The summed E-state index contributed by atoms with van der Waals surface area (Å²) in [5.41, 5.74) is 0. The number of carboxylic acid groups (broad SMARTS) is 1. The van der Waals surface area contributed by atoms with Crippen LogP contribution in [0.15, 0.2) is 0 Å². The number of ether oxygens (including phenoxy) is 1. The van der Waals surface area contributed by atoms with Crippen molar-refractivity contribution in [3.8, 4) is 0 Å². The Hall–Kier alpha value is -0.700. The number of hydrogen-bond donors (Lipinski definition) is 2. The van der Waals surface area contributed by atoms with Gasteiger partial charge < -0.3 is 9.84 Å². The van der Waals surface area contributed by atoms with Crippen LogP contribution in [0.4, 0.5) is 0 Å². The zero-order chi connectivity index (χ0) is 16.0. The van der Waals surface area contributed by atoms with Gasteiger partial charge in [-0.25, -0.2) is 0 Å². The van der Waals surface area contributed by atoms with Gasteiger partial charge in [-0.3, -0.25) is 4.79 Å². The Morgan fingerprint density at radius 3 is 2.62 bits per heavy atom. The Morgan fingerprint density at radius 2 is 2.10 bits per heavy atom. The minimum Gasteiger partial charge on any atom is -0.480 e. The van der Waals surface area contributed by atoms with E-state index in [4.69, 9.17) is 4.74 Å². The molecule has 0 aliphatic carbocycles. The van der Waals surface area contributed by atoms with E-state index >= 15 is 0 Å². The number of rotatable bonds is 8. The van der Waals surface area contributed by atoms with Gasteiger partial charge in [0, 0.05) is 19.2 Å². The van der Waals surface area contributed by atoms with Crippen LogP contribution in [0.25, 0.3) is 0 Å². The predicted molar refractivity (Wildman–Crippen MR) is 79.2 cm³/mol. The predicted octanol–water partition coefficient (Wildman–Crippen LogP) is 0.821. The number of aliphatic carboxylic acids is 1. The summed E-state index contributed by atoms with van der Waals surface area (Å²) < 4.78 is 33.9. The van der Waals surface area contributed by atoms with E-state index in [-0.39, 0.29) is 25.1 Å². The molecule has 8 heteroatoms. The number of piperidine rings is 1. The number of hydrogen-bond acceptors (Lipinski definition) is 4. The Kier molecular flexibility index (Phi) is 7.05. The van der Waals surface area contributed by atoms with Gasteiger partial charge in [0.25, 0.3) is 10.2 Å². The Morgan fingerprint density at radius 1 is 1.43 bits per heavy atom. The van der Waals surface area contributed by atoms with Crippen LogP contribution in [0.2, 0.25) is 0 Å². The molecule has 0 bridgehead atoms. The van der Waals surface area contributed by atoms with Gasteiger partial charge >= 0.3 is 5.97 Å². The lowest BCUT2D eigenvalue weighted by Crippen LogP contribution is -2.55. The molecule has 2 unspecified atom stereocenters. The van der Waals surface area contributed by atoms with Crippen LogP contribution in [0, 0.1) is 5.92 Å². The van der Waals surface area contributed by atoms with Gasteiger partial charge in [0.2, 0.25) is 0 Å². The van der Waals surface area contributed by atoms with E-state index in [1.807, 2.05) is 20.8 Å². The van der Waals surface area contributed by atoms with Crippen LogP contribution in [0.3, 0.4) is 0 Å². The number of carboxylic acids is 1. The maximum atomic E-state index is 12.5. The molecule has 0 saturated carbocycles. The first-order valence-electron chi connectivity index (χ1n) is 7.39. The smallest absolute Gasteiger partial charge is 0.322 e. The second-order valence-corrected chi connectivity index (χ2v) is 7.25. The fraction of sp³-hybridized carbons (Fsp3) is 0.923.